The van der Waals surface area contributed by atoms with E-state index in [1.54, 1.807) is 0 Å². The number of carboxylic acids is 1. The van der Waals surface area contributed by atoms with E-state index < -0.39 is 18.1 Å². The van der Waals surface area contributed by atoms with Gasteiger partial charge < -0.3 is 20.1 Å². The molecule has 1 aliphatic rings. The topological polar surface area (TPSA) is 78.9 Å². The summed E-state index contributed by atoms with van der Waals surface area (Å²) in [4.78, 5) is 25.0. The first kappa shape index (κ1) is 14.9. The molecule has 1 rings (SSSR count). The van der Waals surface area contributed by atoms with Gasteiger partial charge in [0.1, 0.15) is 12.1 Å². The highest BCUT2D eigenvalue weighted by Crippen LogP contribution is 2.07. The molecule has 1 unspecified atom stereocenters. The summed E-state index contributed by atoms with van der Waals surface area (Å²) in [6.07, 6.45) is -0.151. The van der Waals surface area contributed by atoms with Gasteiger partial charge >= 0.3 is 5.97 Å². The Morgan fingerprint density at radius 2 is 2.17 bits per heavy atom. The number of likely N-dealkylation sites (N-methyl/N-ethyl adjacent to an activating group) is 1. The molecule has 0 radical (unpaired) electrons. The number of carbonyl (C=O) groups excluding carboxylic acids is 1. The Morgan fingerprint density at radius 3 is 2.67 bits per heavy atom. The van der Waals surface area contributed by atoms with E-state index in [1.165, 1.54) is 0 Å². The molecule has 1 aliphatic heterocycles. The lowest BCUT2D eigenvalue weighted by Gasteiger charge is -2.30. The van der Waals surface area contributed by atoms with Crippen molar-refractivity contribution in [1.82, 2.24) is 10.2 Å². The maximum absolute atomic E-state index is 11.9. The van der Waals surface area contributed by atoms with Crippen molar-refractivity contribution in [3.05, 3.63) is 0 Å². The fourth-order valence-electron chi connectivity index (χ4n) is 1.89. The number of nitrogens with one attached hydrogen (secondary N) is 1. The third-order valence-corrected chi connectivity index (χ3v) is 2.88. The molecule has 0 aromatic heterocycles. The van der Waals surface area contributed by atoms with Gasteiger partial charge in [0.2, 0.25) is 0 Å². The molecule has 1 saturated heterocycles. The number of hydrogen-bond donors (Lipinski definition) is 2. The van der Waals surface area contributed by atoms with Crippen molar-refractivity contribution in [1.29, 1.82) is 0 Å². The summed E-state index contributed by atoms with van der Waals surface area (Å²) in [6.45, 7) is 5.63. The van der Waals surface area contributed by atoms with Crippen LogP contribution < -0.4 is 5.32 Å². The zero-order valence-corrected chi connectivity index (χ0v) is 11.2. The van der Waals surface area contributed by atoms with Gasteiger partial charge in [0.25, 0.3) is 5.91 Å². The van der Waals surface area contributed by atoms with Gasteiger partial charge in [-0.2, -0.15) is 0 Å². The van der Waals surface area contributed by atoms with Crippen molar-refractivity contribution in [3.8, 4) is 0 Å². The second-order valence-electron chi connectivity index (χ2n) is 5.15. The van der Waals surface area contributed by atoms with Gasteiger partial charge in [0, 0.05) is 13.1 Å². The minimum Gasteiger partial charge on any atom is -0.480 e. The molecule has 0 aromatic rings. The zero-order valence-electron chi connectivity index (χ0n) is 11.2. The van der Waals surface area contributed by atoms with Gasteiger partial charge in [-0.3, -0.25) is 4.79 Å². The van der Waals surface area contributed by atoms with E-state index in [1.807, 2.05) is 25.8 Å². The molecule has 1 amide bonds. The molecule has 2 atom stereocenters. The maximum Gasteiger partial charge on any atom is 0.326 e. The maximum atomic E-state index is 11.9. The summed E-state index contributed by atoms with van der Waals surface area (Å²) in [5, 5.41) is 11.6. The van der Waals surface area contributed by atoms with Crippen LogP contribution in [0.4, 0.5) is 0 Å². The Hall–Kier alpha value is -1.14. The Kier molecular flexibility index (Phi) is 5.55. The molecule has 18 heavy (non-hydrogen) atoms. The smallest absolute Gasteiger partial charge is 0.326 e. The van der Waals surface area contributed by atoms with Crippen LogP contribution >= 0.6 is 0 Å². The van der Waals surface area contributed by atoms with E-state index in [0.717, 1.165) is 6.54 Å². The Bertz CT molecular complexity index is 306. The predicted molar refractivity (Wildman–Crippen MR) is 66.3 cm³/mol. The number of aliphatic carboxylic acids is 1. The monoisotopic (exact) mass is 258 g/mol. The van der Waals surface area contributed by atoms with Gasteiger partial charge in [-0.05, 0) is 19.4 Å². The number of hydrogen-bond acceptors (Lipinski definition) is 4. The molecule has 0 bridgehead atoms. The van der Waals surface area contributed by atoms with Crippen LogP contribution in [0.15, 0.2) is 0 Å². The van der Waals surface area contributed by atoms with E-state index in [4.69, 9.17) is 9.84 Å². The fourth-order valence-corrected chi connectivity index (χ4v) is 1.89. The van der Waals surface area contributed by atoms with E-state index in [0.29, 0.717) is 19.6 Å². The van der Waals surface area contributed by atoms with Gasteiger partial charge in [0.05, 0.1) is 6.61 Å². The number of rotatable bonds is 5. The van der Waals surface area contributed by atoms with Gasteiger partial charge in [-0.25, -0.2) is 4.79 Å². The summed E-state index contributed by atoms with van der Waals surface area (Å²) >= 11 is 0. The molecule has 2 N–H and O–H groups in total. The molecule has 1 fully saturated rings. The van der Waals surface area contributed by atoms with E-state index in [9.17, 15) is 9.59 Å². The first-order chi connectivity index (χ1) is 8.40. The molecule has 0 aliphatic carbocycles. The van der Waals surface area contributed by atoms with Crippen LogP contribution in [0.3, 0.4) is 0 Å². The fraction of sp³-hybridized carbons (Fsp3) is 0.833. The molecule has 6 nitrogen and oxygen atoms in total. The number of morpholine rings is 1. The van der Waals surface area contributed by atoms with Crippen molar-refractivity contribution < 1.29 is 19.4 Å². The molecular formula is C12H22N2O4. The molecule has 0 aromatic carbocycles. The van der Waals surface area contributed by atoms with Crippen molar-refractivity contribution in [3.63, 3.8) is 0 Å². The lowest BCUT2D eigenvalue weighted by Crippen LogP contribution is -2.52. The number of carbonyl (C=O) groups is 2. The Balaban J connectivity index is 2.52. The number of carboxylic acid groups (broad SMARTS) is 1. The number of ether oxygens (including phenoxy) is 1. The van der Waals surface area contributed by atoms with Crippen LogP contribution in [-0.4, -0.2) is 60.8 Å². The third kappa shape index (κ3) is 4.62. The van der Waals surface area contributed by atoms with Crippen molar-refractivity contribution in [2.75, 3.05) is 26.7 Å². The first-order valence-corrected chi connectivity index (χ1v) is 6.23. The molecule has 0 saturated carbocycles. The number of nitrogens with zero attached hydrogens (tertiary/aromatic N) is 1. The molecular weight excluding hydrogens is 236 g/mol. The normalized spacial score (nSPS) is 22.8. The minimum atomic E-state index is -0.999. The standard InChI is InChI=1S/C12H22N2O4/c1-8(2)6-9(12(16)17)13-11(15)10-7-14(3)4-5-18-10/h8-10H,4-7H2,1-3H3,(H,13,15)(H,16,17)/t9-,10?/m0/s1. The first-order valence-electron chi connectivity index (χ1n) is 6.23. The summed E-state index contributed by atoms with van der Waals surface area (Å²) in [6, 6.07) is -0.840. The molecule has 0 spiro atoms. The Morgan fingerprint density at radius 1 is 1.50 bits per heavy atom. The van der Waals surface area contributed by atoms with Crippen molar-refractivity contribution in [2.24, 2.45) is 5.92 Å². The molecule has 6 heteroatoms. The quantitative estimate of drug-likeness (QED) is 0.722. The van der Waals surface area contributed by atoms with Gasteiger partial charge in [-0.1, -0.05) is 13.8 Å². The van der Waals surface area contributed by atoms with Crippen LogP contribution in [0.5, 0.6) is 0 Å². The second kappa shape index (κ2) is 6.70. The second-order valence-corrected chi connectivity index (χ2v) is 5.15. The SMILES string of the molecule is CC(C)C[C@H](NC(=O)C1CN(C)CCO1)C(=O)O. The number of amides is 1. The minimum absolute atomic E-state index is 0.210. The van der Waals surface area contributed by atoms with E-state index >= 15 is 0 Å². The van der Waals surface area contributed by atoms with Crippen molar-refractivity contribution >= 4 is 11.9 Å². The highest BCUT2D eigenvalue weighted by Gasteiger charge is 2.29. The predicted octanol–water partition coefficient (Wildman–Crippen LogP) is -0.0675. The van der Waals surface area contributed by atoms with Crippen molar-refractivity contribution in [2.45, 2.75) is 32.4 Å². The summed E-state index contributed by atoms with van der Waals surface area (Å²) in [7, 11) is 1.91. The average molecular weight is 258 g/mol. The third-order valence-electron chi connectivity index (χ3n) is 2.88. The molecule has 1 heterocycles. The van der Waals surface area contributed by atoms with Gasteiger partial charge in [0.15, 0.2) is 0 Å². The lowest BCUT2D eigenvalue weighted by atomic mass is 10.0. The van der Waals surface area contributed by atoms with Crippen LogP contribution in [0.25, 0.3) is 0 Å². The molecule has 104 valence electrons. The van der Waals surface area contributed by atoms with Crippen LogP contribution in [0.1, 0.15) is 20.3 Å². The highest BCUT2D eigenvalue weighted by molar-refractivity contribution is 5.86. The average Bonchev–Trinajstić information content (AvgIpc) is 2.27. The summed E-state index contributed by atoms with van der Waals surface area (Å²) < 4.78 is 5.35. The highest BCUT2D eigenvalue weighted by atomic mass is 16.5. The lowest BCUT2D eigenvalue weighted by molar-refractivity contribution is -0.146. The van der Waals surface area contributed by atoms with Crippen LogP contribution in [0.2, 0.25) is 0 Å². The van der Waals surface area contributed by atoms with Crippen LogP contribution in [-0.2, 0) is 14.3 Å². The largest absolute Gasteiger partial charge is 0.480 e. The van der Waals surface area contributed by atoms with E-state index in [2.05, 4.69) is 5.32 Å². The van der Waals surface area contributed by atoms with Crippen LogP contribution in [0, 0.1) is 5.92 Å². The summed E-state index contributed by atoms with van der Waals surface area (Å²) in [5.74, 6) is -1.13. The Labute approximate surface area is 107 Å². The summed E-state index contributed by atoms with van der Waals surface area (Å²) in [5.41, 5.74) is 0. The van der Waals surface area contributed by atoms with E-state index in [-0.39, 0.29) is 11.8 Å². The van der Waals surface area contributed by atoms with Gasteiger partial charge in [-0.15, -0.1) is 0 Å². The zero-order chi connectivity index (χ0) is 13.7.